The third-order valence-corrected chi connectivity index (χ3v) is 4.45. The van der Waals surface area contributed by atoms with Gasteiger partial charge in [-0.05, 0) is 38.4 Å². The largest absolute Gasteiger partial charge is 0.573 e. The second kappa shape index (κ2) is 10.4. The number of nitrogens with zero attached hydrogens (tertiary/aromatic N) is 2. The molecule has 0 aromatic heterocycles. The molecule has 0 amide bonds. The molecule has 1 aromatic rings. The van der Waals surface area contributed by atoms with Crippen molar-refractivity contribution < 1.29 is 27.4 Å². The zero-order valence-electron chi connectivity index (χ0n) is 15.6. The van der Waals surface area contributed by atoms with Crippen LogP contribution < -0.4 is 9.64 Å². The molecule has 0 unspecified atom stereocenters. The Bertz CT molecular complexity index is 588. The van der Waals surface area contributed by atoms with Crippen LogP contribution in [0.1, 0.15) is 32.6 Å². The predicted molar refractivity (Wildman–Crippen MR) is 96.9 cm³/mol. The van der Waals surface area contributed by atoms with Crippen molar-refractivity contribution in [2.24, 2.45) is 0 Å². The van der Waals surface area contributed by atoms with Gasteiger partial charge < -0.3 is 14.4 Å². The van der Waals surface area contributed by atoms with E-state index in [1.165, 1.54) is 12.1 Å². The fourth-order valence-electron chi connectivity index (χ4n) is 3.12. The van der Waals surface area contributed by atoms with E-state index in [1.54, 1.807) is 19.1 Å². The summed E-state index contributed by atoms with van der Waals surface area (Å²) in [6.07, 6.45) is -1.36. The molecule has 152 valence electrons. The number of halogens is 3. The molecule has 1 aliphatic heterocycles. The highest BCUT2D eigenvalue weighted by Crippen LogP contribution is 2.27. The van der Waals surface area contributed by atoms with Crippen molar-refractivity contribution >= 4 is 11.7 Å². The first-order valence-electron chi connectivity index (χ1n) is 9.36. The van der Waals surface area contributed by atoms with E-state index in [1.807, 2.05) is 0 Å². The SMILES string of the molecule is CCOC(=O)CCCCCN1CCN(c2cccc(OC(F)(F)F)c2)CC1. The lowest BCUT2D eigenvalue weighted by Crippen LogP contribution is -2.46. The Morgan fingerprint density at radius 1 is 1.11 bits per heavy atom. The summed E-state index contributed by atoms with van der Waals surface area (Å²) >= 11 is 0. The van der Waals surface area contributed by atoms with Crippen LogP contribution in [-0.4, -0.2) is 56.6 Å². The summed E-state index contributed by atoms with van der Waals surface area (Å²) in [5, 5.41) is 0. The average molecular weight is 388 g/mol. The van der Waals surface area contributed by atoms with Gasteiger partial charge in [-0.1, -0.05) is 12.5 Å². The fraction of sp³-hybridized carbons (Fsp3) is 0.632. The number of anilines is 1. The van der Waals surface area contributed by atoms with Crippen LogP contribution in [0, 0.1) is 0 Å². The van der Waals surface area contributed by atoms with Gasteiger partial charge >= 0.3 is 12.3 Å². The Morgan fingerprint density at radius 3 is 2.52 bits per heavy atom. The number of ether oxygens (including phenoxy) is 2. The number of benzene rings is 1. The van der Waals surface area contributed by atoms with Crippen LogP contribution >= 0.6 is 0 Å². The van der Waals surface area contributed by atoms with E-state index < -0.39 is 6.36 Å². The minimum atomic E-state index is -4.68. The summed E-state index contributed by atoms with van der Waals surface area (Å²) < 4.78 is 46.0. The van der Waals surface area contributed by atoms with Crippen LogP contribution in [0.2, 0.25) is 0 Å². The zero-order valence-corrected chi connectivity index (χ0v) is 15.6. The molecule has 1 heterocycles. The normalized spacial score (nSPS) is 15.6. The molecule has 1 saturated heterocycles. The number of rotatable bonds is 9. The minimum Gasteiger partial charge on any atom is -0.466 e. The molecule has 1 fully saturated rings. The van der Waals surface area contributed by atoms with E-state index in [0.29, 0.717) is 13.0 Å². The van der Waals surface area contributed by atoms with E-state index >= 15 is 0 Å². The number of hydrogen-bond donors (Lipinski definition) is 0. The summed E-state index contributed by atoms with van der Waals surface area (Å²) in [6, 6.07) is 6.11. The first-order valence-corrected chi connectivity index (χ1v) is 9.36. The Hall–Kier alpha value is -1.96. The summed E-state index contributed by atoms with van der Waals surface area (Å²) in [5.41, 5.74) is 0.742. The smallest absolute Gasteiger partial charge is 0.466 e. The van der Waals surface area contributed by atoms with Gasteiger partial charge in [0.2, 0.25) is 0 Å². The molecule has 0 N–H and O–H groups in total. The lowest BCUT2D eigenvalue weighted by Gasteiger charge is -2.36. The number of hydrogen-bond acceptors (Lipinski definition) is 5. The number of esters is 1. The Labute approximate surface area is 158 Å². The molecule has 0 radical (unpaired) electrons. The van der Waals surface area contributed by atoms with E-state index in [4.69, 9.17) is 4.74 Å². The van der Waals surface area contributed by atoms with Crippen molar-refractivity contribution in [2.75, 3.05) is 44.2 Å². The molecule has 0 spiro atoms. The highest BCUT2D eigenvalue weighted by Gasteiger charge is 2.31. The van der Waals surface area contributed by atoms with Gasteiger partial charge in [0.15, 0.2) is 0 Å². The molecular weight excluding hydrogens is 361 g/mol. The molecule has 0 saturated carbocycles. The fourth-order valence-corrected chi connectivity index (χ4v) is 3.12. The maximum atomic E-state index is 12.4. The zero-order chi connectivity index (χ0) is 19.7. The second-order valence-electron chi connectivity index (χ2n) is 6.49. The maximum Gasteiger partial charge on any atom is 0.573 e. The molecule has 27 heavy (non-hydrogen) atoms. The van der Waals surface area contributed by atoms with Crippen LogP contribution in [0.3, 0.4) is 0 Å². The van der Waals surface area contributed by atoms with E-state index in [0.717, 1.165) is 57.7 Å². The average Bonchev–Trinajstić information content (AvgIpc) is 2.61. The number of carbonyl (C=O) groups is 1. The lowest BCUT2D eigenvalue weighted by atomic mass is 10.1. The summed E-state index contributed by atoms with van der Waals surface area (Å²) in [7, 11) is 0. The maximum absolute atomic E-state index is 12.4. The van der Waals surface area contributed by atoms with Crippen LogP contribution in [0.15, 0.2) is 24.3 Å². The number of unbranched alkanes of at least 4 members (excludes halogenated alkanes) is 2. The molecule has 0 bridgehead atoms. The Morgan fingerprint density at radius 2 is 1.85 bits per heavy atom. The van der Waals surface area contributed by atoms with Gasteiger partial charge in [0, 0.05) is 44.4 Å². The van der Waals surface area contributed by atoms with Gasteiger partial charge in [0.05, 0.1) is 6.61 Å². The number of carbonyl (C=O) groups excluding carboxylic acids is 1. The highest BCUT2D eigenvalue weighted by atomic mass is 19.4. The van der Waals surface area contributed by atoms with Gasteiger partial charge in [0.1, 0.15) is 5.75 Å². The number of piperazine rings is 1. The minimum absolute atomic E-state index is 0.136. The van der Waals surface area contributed by atoms with Gasteiger partial charge in [0.25, 0.3) is 0 Å². The summed E-state index contributed by atoms with van der Waals surface area (Å²) in [6.45, 7) is 6.44. The molecule has 0 aliphatic carbocycles. The van der Waals surface area contributed by atoms with Crippen LogP contribution in [0.4, 0.5) is 18.9 Å². The van der Waals surface area contributed by atoms with Crippen LogP contribution in [0.5, 0.6) is 5.75 Å². The lowest BCUT2D eigenvalue weighted by molar-refractivity contribution is -0.274. The van der Waals surface area contributed by atoms with Crippen molar-refractivity contribution in [2.45, 2.75) is 39.0 Å². The highest BCUT2D eigenvalue weighted by molar-refractivity contribution is 5.69. The standard InChI is InChI=1S/C19H27F3N2O3/c1-2-26-18(25)9-4-3-5-10-23-11-13-24(14-12-23)16-7-6-8-17(15-16)27-19(20,21)22/h6-8,15H,2-5,9-14H2,1H3. The summed E-state index contributed by atoms with van der Waals surface area (Å²) in [4.78, 5) is 15.7. The Kier molecular flexibility index (Phi) is 8.22. The van der Waals surface area contributed by atoms with Crippen LogP contribution in [0.25, 0.3) is 0 Å². The topological polar surface area (TPSA) is 42.0 Å². The van der Waals surface area contributed by atoms with E-state index in [2.05, 4.69) is 14.5 Å². The monoisotopic (exact) mass is 388 g/mol. The van der Waals surface area contributed by atoms with Gasteiger partial charge in [-0.25, -0.2) is 0 Å². The molecule has 1 aliphatic rings. The van der Waals surface area contributed by atoms with Gasteiger partial charge in [-0.3, -0.25) is 9.69 Å². The van der Waals surface area contributed by atoms with E-state index in [-0.39, 0.29) is 11.7 Å². The third kappa shape index (κ3) is 8.07. The van der Waals surface area contributed by atoms with E-state index in [9.17, 15) is 18.0 Å². The first kappa shape index (κ1) is 21.3. The number of alkyl halides is 3. The van der Waals surface area contributed by atoms with Crippen molar-refractivity contribution in [3.8, 4) is 5.75 Å². The quantitative estimate of drug-likeness (QED) is 0.475. The molecule has 1 aromatic carbocycles. The molecule has 0 atom stereocenters. The van der Waals surface area contributed by atoms with Crippen molar-refractivity contribution in [1.82, 2.24) is 4.90 Å². The molecule has 8 heteroatoms. The van der Waals surface area contributed by atoms with Gasteiger partial charge in [-0.2, -0.15) is 0 Å². The first-order chi connectivity index (χ1) is 12.9. The van der Waals surface area contributed by atoms with Crippen molar-refractivity contribution in [1.29, 1.82) is 0 Å². The molecular formula is C19H27F3N2O3. The summed E-state index contributed by atoms with van der Waals surface area (Å²) in [5.74, 6) is -0.327. The van der Waals surface area contributed by atoms with Gasteiger partial charge in [-0.15, -0.1) is 13.2 Å². The molecule has 5 nitrogen and oxygen atoms in total. The predicted octanol–water partition coefficient (Wildman–Crippen LogP) is 3.83. The second-order valence-corrected chi connectivity index (χ2v) is 6.49. The van der Waals surface area contributed by atoms with Crippen LogP contribution in [-0.2, 0) is 9.53 Å². The third-order valence-electron chi connectivity index (χ3n) is 4.45. The Balaban J connectivity index is 1.68. The molecule has 2 rings (SSSR count). The van der Waals surface area contributed by atoms with Crippen molar-refractivity contribution in [3.63, 3.8) is 0 Å². The van der Waals surface area contributed by atoms with Crippen molar-refractivity contribution in [3.05, 3.63) is 24.3 Å².